The van der Waals surface area contributed by atoms with Crippen molar-refractivity contribution >= 4 is 39.8 Å². The second-order valence-corrected chi connectivity index (χ2v) is 9.28. The maximum Gasteiger partial charge on any atom is 0.281 e. The first-order chi connectivity index (χ1) is 13.2. The molecule has 1 aliphatic carbocycles. The summed E-state index contributed by atoms with van der Waals surface area (Å²) >= 11 is 3.31. The van der Waals surface area contributed by atoms with E-state index in [1.807, 2.05) is 6.07 Å². The highest BCUT2D eigenvalue weighted by Gasteiger charge is 2.22. The molecule has 5 nitrogen and oxygen atoms in total. The second-order valence-electron chi connectivity index (χ2n) is 7.05. The van der Waals surface area contributed by atoms with Crippen LogP contribution < -0.4 is 10.3 Å². The van der Waals surface area contributed by atoms with Crippen LogP contribution in [0.25, 0.3) is 0 Å². The first-order valence-electron chi connectivity index (χ1n) is 9.60. The van der Waals surface area contributed by atoms with E-state index in [9.17, 15) is 4.79 Å². The van der Waals surface area contributed by atoms with Gasteiger partial charge in [0.25, 0.3) is 5.91 Å². The number of hydrogen-bond acceptors (Lipinski definition) is 6. The lowest BCUT2D eigenvalue weighted by atomic mass is 9.87. The summed E-state index contributed by atoms with van der Waals surface area (Å²) in [7, 11) is 0. The van der Waals surface area contributed by atoms with Gasteiger partial charge in [-0.1, -0.05) is 13.3 Å². The van der Waals surface area contributed by atoms with Crippen molar-refractivity contribution in [2.45, 2.75) is 32.6 Å². The fourth-order valence-electron chi connectivity index (χ4n) is 3.63. The molecule has 27 heavy (non-hydrogen) atoms. The summed E-state index contributed by atoms with van der Waals surface area (Å²) in [5, 5.41) is 5.39. The molecular formula is C20H25N3O2S2. The third kappa shape index (κ3) is 4.42. The molecule has 2 aliphatic rings. The van der Waals surface area contributed by atoms with Crippen LogP contribution >= 0.6 is 22.7 Å². The highest BCUT2D eigenvalue weighted by molar-refractivity contribution is 7.17. The Bertz CT molecular complexity index is 821. The number of hydrazone groups is 1. The van der Waals surface area contributed by atoms with Crippen molar-refractivity contribution in [3.8, 4) is 0 Å². The van der Waals surface area contributed by atoms with E-state index in [4.69, 9.17) is 4.74 Å². The van der Waals surface area contributed by atoms with Gasteiger partial charge >= 0.3 is 0 Å². The largest absolute Gasteiger partial charge is 0.378 e. The minimum atomic E-state index is -0.108. The van der Waals surface area contributed by atoms with Gasteiger partial charge in [0.05, 0.1) is 29.3 Å². The van der Waals surface area contributed by atoms with Crippen molar-refractivity contribution in [1.29, 1.82) is 0 Å². The number of carbonyl (C=O) groups excluding carboxylic acids is 1. The van der Waals surface area contributed by atoms with Crippen LogP contribution in [0.1, 0.15) is 44.8 Å². The predicted octanol–water partition coefficient (Wildman–Crippen LogP) is 3.93. The molecule has 1 unspecified atom stereocenters. The Labute approximate surface area is 168 Å². The zero-order chi connectivity index (χ0) is 18.6. The van der Waals surface area contributed by atoms with E-state index in [1.165, 1.54) is 28.3 Å². The van der Waals surface area contributed by atoms with Crippen LogP contribution in [0.15, 0.2) is 23.3 Å². The quantitative estimate of drug-likeness (QED) is 0.608. The fraction of sp³-hybridized carbons (Fsp3) is 0.500. The molecule has 0 saturated carbocycles. The zero-order valence-corrected chi connectivity index (χ0v) is 17.2. The van der Waals surface area contributed by atoms with E-state index in [2.05, 4.69) is 34.5 Å². The molecule has 2 aromatic rings. The van der Waals surface area contributed by atoms with E-state index in [1.54, 1.807) is 28.9 Å². The molecule has 0 bridgehead atoms. The molecular weight excluding hydrogens is 378 g/mol. The van der Waals surface area contributed by atoms with E-state index in [-0.39, 0.29) is 5.91 Å². The zero-order valence-electron chi connectivity index (χ0n) is 15.6. The Morgan fingerprint density at radius 2 is 2.22 bits per heavy atom. The normalized spacial score (nSPS) is 20.0. The number of morpholine rings is 1. The maximum atomic E-state index is 12.4. The Morgan fingerprint density at radius 1 is 1.37 bits per heavy atom. The molecule has 4 rings (SSSR count). The Kier molecular flexibility index (Phi) is 5.90. The summed E-state index contributed by atoms with van der Waals surface area (Å²) < 4.78 is 5.39. The molecule has 1 N–H and O–H groups in total. The number of aryl methyl sites for hydroxylation is 1. The second kappa shape index (κ2) is 8.54. The van der Waals surface area contributed by atoms with Gasteiger partial charge in [0.15, 0.2) is 0 Å². The molecule has 0 aromatic carbocycles. The number of thiophene rings is 2. The average Bonchev–Trinajstić information content (AvgIpc) is 3.35. The maximum absolute atomic E-state index is 12.4. The summed E-state index contributed by atoms with van der Waals surface area (Å²) in [5.41, 5.74) is 4.05. The summed E-state index contributed by atoms with van der Waals surface area (Å²) in [6, 6.07) is 6.21. The van der Waals surface area contributed by atoms with Crippen molar-refractivity contribution in [3.05, 3.63) is 38.4 Å². The monoisotopic (exact) mass is 403 g/mol. The molecule has 3 heterocycles. The van der Waals surface area contributed by atoms with Gasteiger partial charge in [-0.2, -0.15) is 5.10 Å². The lowest BCUT2D eigenvalue weighted by molar-refractivity contribution is 0.0959. The SMILES string of the molecule is CCC1CCc2sc(C(=O)N/N=C/c3ccc(N4CCOCC4)s3)cc2C1. The smallest absolute Gasteiger partial charge is 0.281 e. The van der Waals surface area contributed by atoms with Crippen LogP contribution in [-0.2, 0) is 17.6 Å². The first-order valence-corrected chi connectivity index (χ1v) is 11.2. The van der Waals surface area contributed by atoms with Gasteiger partial charge in [-0.05, 0) is 48.9 Å². The van der Waals surface area contributed by atoms with E-state index >= 15 is 0 Å². The summed E-state index contributed by atoms with van der Waals surface area (Å²) in [5.74, 6) is 0.657. The van der Waals surface area contributed by atoms with Crippen molar-refractivity contribution in [3.63, 3.8) is 0 Å². The number of rotatable bonds is 5. The lowest BCUT2D eigenvalue weighted by Gasteiger charge is -2.27. The van der Waals surface area contributed by atoms with Crippen molar-refractivity contribution in [2.75, 3.05) is 31.2 Å². The molecule has 144 valence electrons. The van der Waals surface area contributed by atoms with E-state index in [0.29, 0.717) is 0 Å². The predicted molar refractivity (Wildman–Crippen MR) is 113 cm³/mol. The topological polar surface area (TPSA) is 53.9 Å². The minimum Gasteiger partial charge on any atom is -0.378 e. The Morgan fingerprint density at radius 3 is 3.04 bits per heavy atom. The molecule has 1 atom stereocenters. The summed E-state index contributed by atoms with van der Waals surface area (Å²) in [4.78, 5) is 17.9. The third-order valence-electron chi connectivity index (χ3n) is 5.28. The van der Waals surface area contributed by atoms with Crippen molar-refractivity contribution in [1.82, 2.24) is 5.43 Å². The number of nitrogens with one attached hydrogen (secondary N) is 1. The highest BCUT2D eigenvalue weighted by atomic mass is 32.1. The number of amides is 1. The van der Waals surface area contributed by atoms with Crippen LogP contribution in [0.5, 0.6) is 0 Å². The average molecular weight is 404 g/mol. The molecule has 0 radical (unpaired) electrons. The van der Waals surface area contributed by atoms with Crippen LogP contribution in [0.2, 0.25) is 0 Å². The number of nitrogens with zero attached hydrogens (tertiary/aromatic N) is 2. The van der Waals surface area contributed by atoms with Crippen molar-refractivity contribution < 1.29 is 9.53 Å². The fourth-order valence-corrected chi connectivity index (χ4v) is 5.66. The van der Waals surface area contributed by atoms with Gasteiger partial charge < -0.3 is 9.64 Å². The van der Waals surface area contributed by atoms with Gasteiger partial charge in [0.1, 0.15) is 0 Å². The van der Waals surface area contributed by atoms with Gasteiger partial charge in [0.2, 0.25) is 0 Å². The van der Waals surface area contributed by atoms with Crippen LogP contribution in [0.4, 0.5) is 5.00 Å². The summed E-state index contributed by atoms with van der Waals surface area (Å²) in [6.07, 6.45) is 6.40. The van der Waals surface area contributed by atoms with Gasteiger partial charge in [0, 0.05) is 22.8 Å². The first kappa shape index (κ1) is 18.7. The Hall–Kier alpha value is -1.70. The molecule has 1 saturated heterocycles. The molecule has 7 heteroatoms. The Balaban J connectivity index is 1.34. The third-order valence-corrected chi connectivity index (χ3v) is 7.60. The van der Waals surface area contributed by atoms with Crippen LogP contribution in [0, 0.1) is 5.92 Å². The summed E-state index contributed by atoms with van der Waals surface area (Å²) in [6.45, 7) is 5.66. The highest BCUT2D eigenvalue weighted by Crippen LogP contribution is 2.33. The molecule has 0 spiro atoms. The molecule has 1 amide bonds. The molecule has 2 aromatic heterocycles. The van der Waals surface area contributed by atoms with Crippen molar-refractivity contribution in [2.24, 2.45) is 11.0 Å². The standard InChI is InChI=1S/C20H25N3O2S2/c1-2-14-3-5-17-15(11-14)12-18(27-17)20(24)22-21-13-16-4-6-19(26-16)23-7-9-25-10-8-23/h4,6,12-14H,2-3,5,7-11H2,1H3,(H,22,24)/b21-13+. The lowest BCUT2D eigenvalue weighted by Crippen LogP contribution is -2.35. The number of ether oxygens (including phenoxy) is 1. The number of hydrogen-bond donors (Lipinski definition) is 1. The van der Waals surface area contributed by atoms with Crippen LogP contribution in [0.3, 0.4) is 0 Å². The molecule has 1 fully saturated rings. The van der Waals surface area contributed by atoms with Gasteiger partial charge in [-0.15, -0.1) is 22.7 Å². The molecule has 1 aliphatic heterocycles. The number of fused-ring (bicyclic) bond motifs is 1. The number of carbonyl (C=O) groups is 1. The van der Waals surface area contributed by atoms with E-state index < -0.39 is 0 Å². The van der Waals surface area contributed by atoms with Gasteiger partial charge in [-0.3, -0.25) is 4.79 Å². The van der Waals surface area contributed by atoms with E-state index in [0.717, 1.165) is 54.8 Å². The van der Waals surface area contributed by atoms with Gasteiger partial charge in [-0.25, -0.2) is 5.43 Å². The van der Waals surface area contributed by atoms with Crippen LogP contribution in [-0.4, -0.2) is 38.4 Å². The number of anilines is 1. The minimum absolute atomic E-state index is 0.108.